The van der Waals surface area contributed by atoms with Crippen molar-refractivity contribution in [1.82, 2.24) is 9.55 Å². The van der Waals surface area contributed by atoms with Crippen LogP contribution in [-0.4, -0.2) is 27.8 Å². The number of fused-ring (bicyclic) bond motifs is 1. The lowest BCUT2D eigenvalue weighted by atomic mass is 10.0. The zero-order valence-corrected chi connectivity index (χ0v) is 19.2. The standard InChI is InChI=1S/C25H19ClF3N3O3/c1-2-35-18-7-8-20-19(13-18)21(22(33)24(34)31-17-9-11-30-12-10-17)23(25(27,28)29)32(20)14-15-3-5-16(26)6-4-15/h3-13H,2,14H2,1H3,(H,30,31,34). The molecule has 0 aliphatic heterocycles. The summed E-state index contributed by atoms with van der Waals surface area (Å²) >= 11 is 5.91. The topological polar surface area (TPSA) is 73.2 Å². The number of hydrogen-bond donors (Lipinski definition) is 1. The number of carbonyl (C=O) groups excluding carboxylic acids is 2. The number of nitrogens with one attached hydrogen (secondary N) is 1. The fraction of sp³-hybridized carbons (Fsp3) is 0.160. The van der Waals surface area contributed by atoms with Crippen LogP contribution in [0.5, 0.6) is 5.75 Å². The molecule has 0 radical (unpaired) electrons. The van der Waals surface area contributed by atoms with E-state index < -0.39 is 29.1 Å². The Labute approximate surface area is 203 Å². The highest BCUT2D eigenvalue weighted by Crippen LogP contribution is 2.40. The third-order valence-electron chi connectivity index (χ3n) is 5.24. The lowest BCUT2D eigenvalue weighted by Gasteiger charge is -2.15. The molecule has 0 bridgehead atoms. The summed E-state index contributed by atoms with van der Waals surface area (Å²) in [5, 5.41) is 2.74. The lowest BCUT2D eigenvalue weighted by Crippen LogP contribution is -2.26. The van der Waals surface area contributed by atoms with E-state index >= 15 is 0 Å². The van der Waals surface area contributed by atoms with Crippen molar-refractivity contribution in [2.45, 2.75) is 19.6 Å². The first kappa shape index (κ1) is 24.3. The normalized spacial score (nSPS) is 11.5. The summed E-state index contributed by atoms with van der Waals surface area (Å²) in [5.41, 5.74) is -1.06. The molecule has 0 atom stereocenters. The number of carbonyl (C=O) groups is 2. The summed E-state index contributed by atoms with van der Waals surface area (Å²) in [5.74, 6) is -2.24. The Hall–Kier alpha value is -3.85. The molecule has 10 heteroatoms. The van der Waals surface area contributed by atoms with Gasteiger partial charge < -0.3 is 14.6 Å². The fourth-order valence-corrected chi connectivity index (χ4v) is 3.91. The minimum atomic E-state index is -4.93. The lowest BCUT2D eigenvalue weighted by molar-refractivity contribution is -0.143. The summed E-state index contributed by atoms with van der Waals surface area (Å²) < 4.78 is 49.8. The Balaban J connectivity index is 1.91. The Morgan fingerprint density at radius 2 is 1.74 bits per heavy atom. The maximum atomic E-state index is 14.4. The van der Waals surface area contributed by atoms with Crippen molar-refractivity contribution in [3.05, 3.63) is 88.8 Å². The van der Waals surface area contributed by atoms with E-state index in [4.69, 9.17) is 16.3 Å². The van der Waals surface area contributed by atoms with Crippen LogP contribution in [0.1, 0.15) is 28.5 Å². The molecule has 2 aromatic heterocycles. The van der Waals surface area contributed by atoms with E-state index in [9.17, 15) is 22.8 Å². The number of ketones is 1. The molecule has 0 unspecified atom stereocenters. The van der Waals surface area contributed by atoms with Crippen LogP contribution in [0.3, 0.4) is 0 Å². The molecule has 0 saturated carbocycles. The molecule has 6 nitrogen and oxygen atoms in total. The molecule has 0 spiro atoms. The number of halogens is 4. The van der Waals surface area contributed by atoms with Gasteiger partial charge in [-0.2, -0.15) is 13.2 Å². The van der Waals surface area contributed by atoms with E-state index in [1.54, 1.807) is 31.2 Å². The van der Waals surface area contributed by atoms with Gasteiger partial charge in [-0.1, -0.05) is 23.7 Å². The van der Waals surface area contributed by atoms with Gasteiger partial charge in [-0.25, -0.2) is 0 Å². The number of benzene rings is 2. The van der Waals surface area contributed by atoms with E-state index in [1.165, 1.54) is 42.7 Å². The van der Waals surface area contributed by atoms with Crippen molar-refractivity contribution in [3.63, 3.8) is 0 Å². The first-order valence-corrected chi connectivity index (χ1v) is 10.9. The second-order valence-corrected chi connectivity index (χ2v) is 8.00. The quantitative estimate of drug-likeness (QED) is 0.250. The minimum Gasteiger partial charge on any atom is -0.494 e. The van der Waals surface area contributed by atoms with Crippen LogP contribution < -0.4 is 10.1 Å². The van der Waals surface area contributed by atoms with Crippen molar-refractivity contribution in [2.75, 3.05) is 11.9 Å². The number of Topliss-reactive ketones (excluding diaryl/α,β-unsaturated/α-hetero) is 1. The molecule has 0 aliphatic rings. The van der Waals surface area contributed by atoms with Crippen molar-refractivity contribution < 1.29 is 27.5 Å². The summed E-state index contributed by atoms with van der Waals surface area (Å²) in [6.07, 6.45) is -2.17. The number of hydrogen-bond acceptors (Lipinski definition) is 4. The Morgan fingerprint density at radius 1 is 1.06 bits per heavy atom. The van der Waals surface area contributed by atoms with Gasteiger partial charge in [-0.3, -0.25) is 14.6 Å². The molecular weight excluding hydrogens is 483 g/mol. The van der Waals surface area contributed by atoms with Gasteiger partial charge in [0.1, 0.15) is 11.4 Å². The molecule has 4 rings (SSSR count). The van der Waals surface area contributed by atoms with Gasteiger partial charge in [0.15, 0.2) is 0 Å². The predicted octanol–water partition coefficient (Wildman–Crippen LogP) is 5.98. The van der Waals surface area contributed by atoms with Gasteiger partial charge in [0.2, 0.25) is 0 Å². The zero-order valence-electron chi connectivity index (χ0n) is 18.4. The first-order chi connectivity index (χ1) is 16.7. The van der Waals surface area contributed by atoms with Crippen molar-refractivity contribution in [1.29, 1.82) is 0 Å². The number of anilines is 1. The molecule has 35 heavy (non-hydrogen) atoms. The Kier molecular flexibility index (Phi) is 6.79. The van der Waals surface area contributed by atoms with Gasteiger partial charge >= 0.3 is 6.18 Å². The molecule has 2 aromatic carbocycles. The van der Waals surface area contributed by atoms with Crippen LogP contribution >= 0.6 is 11.6 Å². The van der Waals surface area contributed by atoms with E-state index in [1.807, 2.05) is 0 Å². The highest BCUT2D eigenvalue weighted by Gasteiger charge is 2.42. The second kappa shape index (κ2) is 9.79. The van der Waals surface area contributed by atoms with Crippen LogP contribution in [-0.2, 0) is 17.5 Å². The Morgan fingerprint density at radius 3 is 2.37 bits per heavy atom. The number of nitrogens with zero attached hydrogens (tertiary/aromatic N) is 2. The monoisotopic (exact) mass is 501 g/mol. The van der Waals surface area contributed by atoms with Gasteiger partial charge in [0.25, 0.3) is 11.7 Å². The average Bonchev–Trinajstić information content (AvgIpc) is 3.14. The summed E-state index contributed by atoms with van der Waals surface area (Å²) in [6.45, 7) is 1.80. The third kappa shape index (κ3) is 5.14. The van der Waals surface area contributed by atoms with Gasteiger partial charge in [0.05, 0.1) is 12.2 Å². The highest BCUT2D eigenvalue weighted by molar-refractivity contribution is 6.48. The van der Waals surface area contributed by atoms with Crippen LogP contribution in [0.15, 0.2) is 67.0 Å². The average molecular weight is 502 g/mol. The number of pyridine rings is 1. The number of rotatable bonds is 7. The van der Waals surface area contributed by atoms with Gasteiger partial charge in [-0.05, 0) is 55.0 Å². The number of aromatic nitrogens is 2. The van der Waals surface area contributed by atoms with Crippen LogP contribution in [0, 0.1) is 0 Å². The maximum absolute atomic E-state index is 14.4. The fourth-order valence-electron chi connectivity index (χ4n) is 3.79. The molecule has 0 saturated heterocycles. The van der Waals surface area contributed by atoms with E-state index in [-0.39, 0.29) is 35.5 Å². The SMILES string of the molecule is CCOc1ccc2c(c1)c(C(=O)C(=O)Nc1ccncc1)c(C(F)(F)F)n2Cc1ccc(Cl)cc1. The molecule has 180 valence electrons. The maximum Gasteiger partial charge on any atom is 0.432 e. The molecule has 1 N–H and O–H groups in total. The van der Waals surface area contributed by atoms with Crippen molar-refractivity contribution >= 4 is 39.9 Å². The zero-order chi connectivity index (χ0) is 25.2. The second-order valence-electron chi connectivity index (χ2n) is 7.57. The molecule has 4 aromatic rings. The molecule has 0 fully saturated rings. The molecule has 2 heterocycles. The highest BCUT2D eigenvalue weighted by atomic mass is 35.5. The van der Waals surface area contributed by atoms with E-state index in [0.717, 1.165) is 4.57 Å². The minimum absolute atomic E-state index is 0.0351. The van der Waals surface area contributed by atoms with E-state index in [2.05, 4.69) is 10.3 Å². The number of amides is 1. The van der Waals surface area contributed by atoms with Crippen LogP contribution in [0.4, 0.5) is 18.9 Å². The molecule has 0 aliphatic carbocycles. The van der Waals surface area contributed by atoms with Crippen molar-refractivity contribution in [2.24, 2.45) is 0 Å². The summed E-state index contributed by atoms with van der Waals surface area (Å²) in [6, 6.07) is 13.5. The van der Waals surface area contributed by atoms with Crippen LogP contribution in [0.25, 0.3) is 10.9 Å². The van der Waals surface area contributed by atoms with Crippen molar-refractivity contribution in [3.8, 4) is 5.75 Å². The number of alkyl halides is 3. The summed E-state index contributed by atoms with van der Waals surface area (Å²) in [4.78, 5) is 29.8. The first-order valence-electron chi connectivity index (χ1n) is 10.6. The summed E-state index contributed by atoms with van der Waals surface area (Å²) in [7, 11) is 0. The largest absolute Gasteiger partial charge is 0.494 e. The molecular formula is C25H19ClF3N3O3. The van der Waals surface area contributed by atoms with E-state index in [0.29, 0.717) is 10.6 Å². The third-order valence-corrected chi connectivity index (χ3v) is 5.49. The number of ether oxygens (including phenoxy) is 1. The van der Waals surface area contributed by atoms with Gasteiger partial charge in [0, 0.05) is 40.6 Å². The van der Waals surface area contributed by atoms with Gasteiger partial charge in [-0.15, -0.1) is 0 Å². The smallest absolute Gasteiger partial charge is 0.432 e. The Bertz CT molecular complexity index is 1380. The van der Waals surface area contributed by atoms with Crippen LogP contribution in [0.2, 0.25) is 5.02 Å². The predicted molar refractivity (Wildman–Crippen MR) is 126 cm³/mol. The molecule has 1 amide bonds.